The lowest BCUT2D eigenvalue weighted by Gasteiger charge is -2.15. The van der Waals surface area contributed by atoms with E-state index in [0.29, 0.717) is 10.6 Å². The van der Waals surface area contributed by atoms with Gasteiger partial charge in [-0.1, -0.05) is 27.5 Å². The van der Waals surface area contributed by atoms with Crippen LogP contribution in [0.25, 0.3) is 0 Å². The largest absolute Gasteiger partial charge is 0.403 e. The van der Waals surface area contributed by atoms with E-state index in [2.05, 4.69) is 15.9 Å². The summed E-state index contributed by atoms with van der Waals surface area (Å²) in [6.07, 6.45) is -4.31. The molecule has 1 atom stereocenters. The van der Waals surface area contributed by atoms with Crippen molar-refractivity contribution in [2.45, 2.75) is 25.1 Å². The number of hydrogen-bond acceptors (Lipinski definition) is 1. The van der Waals surface area contributed by atoms with Gasteiger partial charge in [0.2, 0.25) is 0 Å². The summed E-state index contributed by atoms with van der Waals surface area (Å²) in [6, 6.07) is 3.27. The van der Waals surface area contributed by atoms with Crippen molar-refractivity contribution in [3.63, 3.8) is 0 Å². The molecular weight excluding hydrogens is 306 g/mol. The van der Waals surface area contributed by atoms with Gasteiger partial charge in [0.05, 0.1) is 0 Å². The van der Waals surface area contributed by atoms with Crippen LogP contribution in [-0.2, 0) is 6.42 Å². The zero-order valence-electron chi connectivity index (χ0n) is 8.19. The third-order valence-electron chi connectivity index (χ3n) is 2.15. The Bertz CT molecular complexity index is 368. The van der Waals surface area contributed by atoms with Gasteiger partial charge in [-0.2, -0.15) is 13.2 Å². The van der Waals surface area contributed by atoms with Crippen LogP contribution in [0.15, 0.2) is 22.7 Å². The molecule has 1 unspecified atom stereocenters. The molecule has 0 radical (unpaired) electrons. The van der Waals surface area contributed by atoms with Gasteiger partial charge >= 0.3 is 6.18 Å². The fourth-order valence-corrected chi connectivity index (χ4v) is 1.83. The first-order valence-electron chi connectivity index (χ1n) is 4.57. The highest BCUT2D eigenvalue weighted by molar-refractivity contribution is 9.10. The lowest BCUT2D eigenvalue weighted by molar-refractivity contribution is -0.148. The van der Waals surface area contributed by atoms with E-state index in [0.717, 1.165) is 4.47 Å². The Hall–Kier alpha value is -0.260. The minimum Gasteiger partial charge on any atom is -0.320 e. The average molecular weight is 317 g/mol. The molecule has 0 saturated heterocycles. The fourth-order valence-electron chi connectivity index (χ4n) is 1.21. The van der Waals surface area contributed by atoms with E-state index < -0.39 is 12.2 Å². The smallest absolute Gasteiger partial charge is 0.320 e. The summed E-state index contributed by atoms with van der Waals surface area (Å²) in [7, 11) is 0. The molecule has 1 rings (SSSR count). The van der Waals surface area contributed by atoms with Crippen molar-refractivity contribution in [2.24, 2.45) is 5.73 Å². The molecule has 90 valence electrons. The van der Waals surface area contributed by atoms with E-state index in [1.54, 1.807) is 18.2 Å². The highest BCUT2D eigenvalue weighted by Crippen LogP contribution is 2.25. The van der Waals surface area contributed by atoms with Gasteiger partial charge in [-0.15, -0.1) is 0 Å². The number of nitrogens with two attached hydrogens (primary N) is 1. The van der Waals surface area contributed by atoms with Crippen molar-refractivity contribution >= 4 is 27.5 Å². The van der Waals surface area contributed by atoms with E-state index in [1.165, 1.54) is 0 Å². The first kappa shape index (κ1) is 13.8. The number of hydrogen-bond donors (Lipinski definition) is 1. The minimum absolute atomic E-state index is 0.167. The topological polar surface area (TPSA) is 26.0 Å². The SMILES string of the molecule is NC(CCc1cc(Br)ccc1Cl)C(F)(F)F. The Morgan fingerprint density at radius 1 is 1.38 bits per heavy atom. The van der Waals surface area contributed by atoms with Crippen LogP contribution in [0.3, 0.4) is 0 Å². The van der Waals surface area contributed by atoms with E-state index in [4.69, 9.17) is 17.3 Å². The number of halogens is 5. The van der Waals surface area contributed by atoms with Gasteiger partial charge in [0.25, 0.3) is 0 Å². The third kappa shape index (κ3) is 3.96. The zero-order chi connectivity index (χ0) is 12.3. The molecular formula is C10H10BrClF3N. The summed E-state index contributed by atoms with van der Waals surface area (Å²) in [5.74, 6) is 0. The lowest BCUT2D eigenvalue weighted by Crippen LogP contribution is -2.37. The molecule has 0 bridgehead atoms. The van der Waals surface area contributed by atoms with Crippen LogP contribution in [-0.4, -0.2) is 12.2 Å². The summed E-state index contributed by atoms with van der Waals surface area (Å²) < 4.78 is 37.3. The number of benzene rings is 1. The first-order valence-corrected chi connectivity index (χ1v) is 5.74. The molecule has 0 amide bonds. The zero-order valence-corrected chi connectivity index (χ0v) is 10.5. The van der Waals surface area contributed by atoms with Gasteiger partial charge < -0.3 is 5.73 Å². The van der Waals surface area contributed by atoms with Gasteiger partial charge in [0, 0.05) is 9.50 Å². The minimum atomic E-state index is -4.35. The van der Waals surface area contributed by atoms with Crippen molar-refractivity contribution < 1.29 is 13.2 Å². The standard InChI is InChI=1S/C10H10BrClF3N/c11-7-2-3-8(12)6(5-7)1-4-9(16)10(13,14)15/h2-3,5,9H,1,4,16H2. The van der Waals surface area contributed by atoms with Crippen LogP contribution < -0.4 is 5.73 Å². The highest BCUT2D eigenvalue weighted by Gasteiger charge is 2.36. The molecule has 1 aromatic rings. The quantitative estimate of drug-likeness (QED) is 0.898. The van der Waals surface area contributed by atoms with Crippen LogP contribution >= 0.6 is 27.5 Å². The third-order valence-corrected chi connectivity index (χ3v) is 3.01. The summed E-state index contributed by atoms with van der Waals surface area (Å²) in [4.78, 5) is 0. The maximum Gasteiger partial charge on any atom is 0.403 e. The molecule has 0 fully saturated rings. The Morgan fingerprint density at radius 2 is 2.00 bits per heavy atom. The summed E-state index contributed by atoms with van der Waals surface area (Å²) >= 11 is 9.08. The molecule has 0 spiro atoms. The van der Waals surface area contributed by atoms with Gasteiger partial charge in [0.1, 0.15) is 6.04 Å². The molecule has 0 heterocycles. The molecule has 1 nitrogen and oxygen atoms in total. The predicted octanol–water partition coefficient (Wildman–Crippen LogP) is 3.92. The number of aryl methyl sites for hydroxylation is 1. The number of alkyl halides is 3. The summed E-state index contributed by atoms with van der Waals surface area (Å²) in [6.45, 7) is 0. The second-order valence-corrected chi connectivity index (χ2v) is 4.75. The van der Waals surface area contributed by atoms with Gasteiger partial charge in [-0.25, -0.2) is 0 Å². The normalized spacial score (nSPS) is 13.9. The van der Waals surface area contributed by atoms with Crippen LogP contribution in [0.2, 0.25) is 5.02 Å². The maximum atomic E-state index is 12.2. The van der Waals surface area contributed by atoms with Crippen LogP contribution in [0.5, 0.6) is 0 Å². The second-order valence-electron chi connectivity index (χ2n) is 3.42. The molecule has 0 aliphatic heterocycles. The molecule has 0 saturated carbocycles. The molecule has 16 heavy (non-hydrogen) atoms. The Labute approximate surface area is 105 Å². The summed E-state index contributed by atoms with van der Waals surface area (Å²) in [5, 5.41) is 0.456. The maximum absolute atomic E-state index is 12.2. The van der Waals surface area contributed by atoms with E-state index in [-0.39, 0.29) is 12.8 Å². The molecule has 0 aromatic heterocycles. The first-order chi connectivity index (χ1) is 7.30. The molecule has 6 heteroatoms. The lowest BCUT2D eigenvalue weighted by atomic mass is 10.1. The van der Waals surface area contributed by atoms with Crippen LogP contribution in [0.4, 0.5) is 13.2 Å². The van der Waals surface area contributed by atoms with Gasteiger partial charge in [-0.3, -0.25) is 0 Å². The van der Waals surface area contributed by atoms with Crippen molar-refractivity contribution in [3.05, 3.63) is 33.3 Å². The van der Waals surface area contributed by atoms with Crippen molar-refractivity contribution in [2.75, 3.05) is 0 Å². The average Bonchev–Trinajstić information content (AvgIpc) is 2.17. The van der Waals surface area contributed by atoms with Crippen LogP contribution in [0.1, 0.15) is 12.0 Å². The Kier molecular flexibility index (Phi) is 4.64. The Balaban J connectivity index is 2.64. The molecule has 0 aliphatic rings. The van der Waals surface area contributed by atoms with Crippen molar-refractivity contribution in [3.8, 4) is 0 Å². The number of rotatable bonds is 3. The Morgan fingerprint density at radius 3 is 2.56 bits per heavy atom. The molecule has 2 N–H and O–H groups in total. The highest BCUT2D eigenvalue weighted by atomic mass is 79.9. The molecule has 1 aromatic carbocycles. The van der Waals surface area contributed by atoms with Crippen LogP contribution in [0, 0.1) is 0 Å². The van der Waals surface area contributed by atoms with Gasteiger partial charge in [0.15, 0.2) is 0 Å². The van der Waals surface area contributed by atoms with E-state index in [9.17, 15) is 13.2 Å². The summed E-state index contributed by atoms with van der Waals surface area (Å²) in [5.41, 5.74) is 5.67. The van der Waals surface area contributed by atoms with Crippen molar-refractivity contribution in [1.82, 2.24) is 0 Å². The monoisotopic (exact) mass is 315 g/mol. The van der Waals surface area contributed by atoms with Gasteiger partial charge in [-0.05, 0) is 36.6 Å². The van der Waals surface area contributed by atoms with E-state index in [1.807, 2.05) is 0 Å². The molecule has 0 aliphatic carbocycles. The fraction of sp³-hybridized carbons (Fsp3) is 0.400. The predicted molar refractivity (Wildman–Crippen MR) is 61.5 cm³/mol. The van der Waals surface area contributed by atoms with Crippen molar-refractivity contribution in [1.29, 1.82) is 0 Å². The second kappa shape index (κ2) is 5.38. The van der Waals surface area contributed by atoms with E-state index >= 15 is 0 Å².